The summed E-state index contributed by atoms with van der Waals surface area (Å²) in [4.78, 5) is 14.1. The molecule has 1 amide bonds. The normalized spacial score (nSPS) is 20.1. The summed E-state index contributed by atoms with van der Waals surface area (Å²) in [6, 6.07) is 6.88. The number of carbonyl (C=O) groups excluding carboxylic acids is 1. The lowest BCUT2D eigenvalue weighted by molar-refractivity contribution is 0.0733. The third kappa shape index (κ3) is 2.03. The molecule has 1 heterocycles. The van der Waals surface area contributed by atoms with Crippen LogP contribution in [0.3, 0.4) is 0 Å². The SMILES string of the molecule is CCC1CCCN1C(=O)c1ccc(O)cc1. The third-order valence-corrected chi connectivity index (χ3v) is 3.22. The fraction of sp³-hybridized carbons (Fsp3) is 0.462. The van der Waals surface area contributed by atoms with Gasteiger partial charge in [-0.2, -0.15) is 0 Å². The molecule has 0 bridgehead atoms. The zero-order valence-electron chi connectivity index (χ0n) is 9.52. The monoisotopic (exact) mass is 219 g/mol. The number of hydrogen-bond donors (Lipinski definition) is 1. The van der Waals surface area contributed by atoms with Gasteiger partial charge < -0.3 is 10.0 Å². The van der Waals surface area contributed by atoms with Crippen LogP contribution in [0, 0.1) is 0 Å². The molecule has 1 fully saturated rings. The van der Waals surface area contributed by atoms with E-state index in [0.717, 1.165) is 25.8 Å². The Morgan fingerprint density at radius 2 is 2.12 bits per heavy atom. The van der Waals surface area contributed by atoms with Crippen LogP contribution in [0.1, 0.15) is 36.5 Å². The highest BCUT2D eigenvalue weighted by molar-refractivity contribution is 5.94. The summed E-state index contributed by atoms with van der Waals surface area (Å²) in [5.41, 5.74) is 0.665. The number of likely N-dealkylation sites (tertiary alicyclic amines) is 1. The van der Waals surface area contributed by atoms with Crippen LogP contribution in [-0.4, -0.2) is 28.5 Å². The smallest absolute Gasteiger partial charge is 0.254 e. The van der Waals surface area contributed by atoms with Gasteiger partial charge in [0, 0.05) is 18.2 Å². The van der Waals surface area contributed by atoms with Gasteiger partial charge in [0.25, 0.3) is 5.91 Å². The standard InChI is InChI=1S/C13H17NO2/c1-2-11-4-3-9-14(11)13(16)10-5-7-12(15)8-6-10/h5-8,11,15H,2-4,9H2,1H3. The highest BCUT2D eigenvalue weighted by Gasteiger charge is 2.27. The van der Waals surface area contributed by atoms with Crippen molar-refractivity contribution in [2.75, 3.05) is 6.54 Å². The number of nitrogens with zero attached hydrogens (tertiary/aromatic N) is 1. The molecule has 2 rings (SSSR count). The Kier molecular flexibility index (Phi) is 3.13. The summed E-state index contributed by atoms with van der Waals surface area (Å²) in [5.74, 6) is 0.286. The van der Waals surface area contributed by atoms with Gasteiger partial charge in [0.15, 0.2) is 0 Å². The largest absolute Gasteiger partial charge is 0.508 e. The van der Waals surface area contributed by atoms with Crippen molar-refractivity contribution in [1.82, 2.24) is 4.90 Å². The lowest BCUT2D eigenvalue weighted by Gasteiger charge is -2.23. The van der Waals surface area contributed by atoms with E-state index in [0.29, 0.717) is 11.6 Å². The topological polar surface area (TPSA) is 40.5 Å². The summed E-state index contributed by atoms with van der Waals surface area (Å²) >= 11 is 0. The second-order valence-corrected chi connectivity index (χ2v) is 4.25. The molecule has 0 aliphatic carbocycles. The molecule has 0 spiro atoms. The number of phenolic OH excluding ortho intramolecular Hbond substituents is 1. The molecule has 1 atom stereocenters. The molecule has 1 aliphatic heterocycles. The quantitative estimate of drug-likeness (QED) is 0.829. The first-order chi connectivity index (χ1) is 7.72. The van der Waals surface area contributed by atoms with E-state index in [2.05, 4.69) is 6.92 Å². The summed E-state index contributed by atoms with van der Waals surface area (Å²) in [7, 11) is 0. The zero-order valence-corrected chi connectivity index (χ0v) is 9.52. The van der Waals surface area contributed by atoms with Gasteiger partial charge >= 0.3 is 0 Å². The van der Waals surface area contributed by atoms with E-state index in [4.69, 9.17) is 0 Å². The Morgan fingerprint density at radius 1 is 1.44 bits per heavy atom. The van der Waals surface area contributed by atoms with E-state index >= 15 is 0 Å². The maximum atomic E-state index is 12.2. The molecule has 3 heteroatoms. The maximum absolute atomic E-state index is 12.2. The van der Waals surface area contributed by atoms with Crippen molar-refractivity contribution < 1.29 is 9.90 Å². The Bertz CT molecular complexity index is 372. The molecular weight excluding hydrogens is 202 g/mol. The van der Waals surface area contributed by atoms with E-state index in [1.807, 2.05) is 4.90 Å². The lowest BCUT2D eigenvalue weighted by Crippen LogP contribution is -2.34. The number of rotatable bonds is 2. The lowest BCUT2D eigenvalue weighted by atomic mass is 10.1. The molecule has 0 aromatic heterocycles. The van der Waals surface area contributed by atoms with Gasteiger partial charge in [-0.25, -0.2) is 0 Å². The number of benzene rings is 1. The van der Waals surface area contributed by atoms with Gasteiger partial charge in [-0.1, -0.05) is 6.92 Å². The van der Waals surface area contributed by atoms with Crippen molar-refractivity contribution in [2.45, 2.75) is 32.2 Å². The number of carbonyl (C=O) groups is 1. The molecule has 0 saturated carbocycles. The minimum absolute atomic E-state index is 0.0874. The summed E-state index contributed by atoms with van der Waals surface area (Å²) in [5, 5.41) is 9.18. The molecule has 1 aliphatic rings. The molecular formula is C13H17NO2. The molecule has 1 aromatic rings. The number of phenols is 1. The van der Waals surface area contributed by atoms with Gasteiger partial charge in [0.1, 0.15) is 5.75 Å². The molecule has 1 N–H and O–H groups in total. The molecule has 1 saturated heterocycles. The second kappa shape index (κ2) is 4.56. The van der Waals surface area contributed by atoms with Crippen molar-refractivity contribution in [3.05, 3.63) is 29.8 Å². The average molecular weight is 219 g/mol. The molecule has 86 valence electrons. The van der Waals surface area contributed by atoms with E-state index in [-0.39, 0.29) is 11.7 Å². The van der Waals surface area contributed by atoms with Gasteiger partial charge in [-0.15, -0.1) is 0 Å². The van der Waals surface area contributed by atoms with Crippen molar-refractivity contribution in [3.8, 4) is 5.75 Å². The van der Waals surface area contributed by atoms with Crippen LogP contribution in [0.4, 0.5) is 0 Å². The van der Waals surface area contributed by atoms with Crippen LogP contribution in [0.15, 0.2) is 24.3 Å². The first kappa shape index (κ1) is 11.0. The van der Waals surface area contributed by atoms with Crippen LogP contribution in [0.2, 0.25) is 0 Å². The zero-order chi connectivity index (χ0) is 11.5. The Balaban J connectivity index is 2.15. The number of hydrogen-bond acceptors (Lipinski definition) is 2. The molecule has 1 unspecified atom stereocenters. The Morgan fingerprint density at radius 3 is 2.75 bits per heavy atom. The highest BCUT2D eigenvalue weighted by Crippen LogP contribution is 2.22. The summed E-state index contributed by atoms with van der Waals surface area (Å²) < 4.78 is 0. The summed E-state index contributed by atoms with van der Waals surface area (Å²) in [6.07, 6.45) is 3.23. The van der Waals surface area contributed by atoms with Crippen LogP contribution in [-0.2, 0) is 0 Å². The van der Waals surface area contributed by atoms with Crippen molar-refractivity contribution in [2.24, 2.45) is 0 Å². The average Bonchev–Trinajstić information content (AvgIpc) is 2.77. The predicted molar refractivity (Wildman–Crippen MR) is 62.5 cm³/mol. The fourth-order valence-electron chi connectivity index (χ4n) is 2.30. The predicted octanol–water partition coefficient (Wildman–Crippen LogP) is 2.41. The van der Waals surface area contributed by atoms with Gasteiger partial charge in [-0.3, -0.25) is 4.79 Å². The summed E-state index contributed by atoms with van der Waals surface area (Å²) in [6.45, 7) is 2.98. The van der Waals surface area contributed by atoms with Crippen molar-refractivity contribution in [1.29, 1.82) is 0 Å². The highest BCUT2D eigenvalue weighted by atomic mass is 16.3. The third-order valence-electron chi connectivity index (χ3n) is 3.22. The van der Waals surface area contributed by atoms with E-state index in [1.165, 1.54) is 0 Å². The van der Waals surface area contributed by atoms with Crippen molar-refractivity contribution >= 4 is 5.91 Å². The minimum atomic E-state index is 0.0874. The van der Waals surface area contributed by atoms with Crippen LogP contribution in [0.25, 0.3) is 0 Å². The van der Waals surface area contributed by atoms with E-state index < -0.39 is 0 Å². The maximum Gasteiger partial charge on any atom is 0.254 e. The minimum Gasteiger partial charge on any atom is -0.508 e. The Hall–Kier alpha value is -1.51. The molecule has 0 radical (unpaired) electrons. The van der Waals surface area contributed by atoms with Crippen LogP contribution >= 0.6 is 0 Å². The first-order valence-corrected chi connectivity index (χ1v) is 5.82. The van der Waals surface area contributed by atoms with Gasteiger partial charge in [0.2, 0.25) is 0 Å². The number of aromatic hydroxyl groups is 1. The first-order valence-electron chi connectivity index (χ1n) is 5.82. The Labute approximate surface area is 95.7 Å². The molecule has 3 nitrogen and oxygen atoms in total. The number of amides is 1. The molecule has 1 aromatic carbocycles. The molecule has 16 heavy (non-hydrogen) atoms. The van der Waals surface area contributed by atoms with Gasteiger partial charge in [-0.05, 0) is 43.5 Å². The fourth-order valence-corrected chi connectivity index (χ4v) is 2.30. The van der Waals surface area contributed by atoms with E-state index in [1.54, 1.807) is 24.3 Å². The van der Waals surface area contributed by atoms with Crippen LogP contribution < -0.4 is 0 Å². The van der Waals surface area contributed by atoms with Crippen LogP contribution in [0.5, 0.6) is 5.75 Å². The van der Waals surface area contributed by atoms with E-state index in [9.17, 15) is 9.90 Å². The second-order valence-electron chi connectivity index (χ2n) is 4.25. The van der Waals surface area contributed by atoms with Crippen molar-refractivity contribution in [3.63, 3.8) is 0 Å². The van der Waals surface area contributed by atoms with Gasteiger partial charge in [0.05, 0.1) is 0 Å².